The number of hydrogen-bond acceptors (Lipinski definition) is 1. The van der Waals surface area contributed by atoms with Gasteiger partial charge in [-0.3, -0.25) is 0 Å². The first-order valence-electron chi connectivity index (χ1n) is 14.3. The van der Waals surface area contributed by atoms with E-state index in [1.54, 1.807) is 0 Å². The van der Waals surface area contributed by atoms with Crippen molar-refractivity contribution in [1.82, 2.24) is 0 Å². The van der Waals surface area contributed by atoms with E-state index in [1.807, 2.05) is 0 Å². The van der Waals surface area contributed by atoms with Gasteiger partial charge in [0, 0.05) is 41.1 Å². The Morgan fingerprint density at radius 3 is 2.06 bits per heavy atom. The molecule has 0 amide bonds. The zero-order chi connectivity index (χ0) is 25.8. The Balaban J connectivity index is 1.51. The van der Waals surface area contributed by atoms with E-state index in [0.29, 0.717) is 0 Å². The molecule has 0 saturated carbocycles. The second-order valence-corrected chi connectivity index (χ2v) is 11.8. The van der Waals surface area contributed by atoms with Crippen molar-refractivity contribution in [3.63, 3.8) is 0 Å². The van der Waals surface area contributed by atoms with Crippen LogP contribution in [0.4, 0.5) is 11.4 Å². The van der Waals surface area contributed by atoms with Gasteiger partial charge in [0.2, 0.25) is 5.69 Å². The fraction of sp³-hybridized carbons (Fsp3) is 0.500. The highest BCUT2D eigenvalue weighted by Gasteiger charge is 2.43. The van der Waals surface area contributed by atoms with Gasteiger partial charge in [0.15, 0.2) is 5.71 Å². The van der Waals surface area contributed by atoms with Gasteiger partial charge in [-0.2, -0.15) is 4.58 Å². The fourth-order valence-electron chi connectivity index (χ4n) is 6.32. The van der Waals surface area contributed by atoms with E-state index in [0.717, 1.165) is 6.54 Å². The van der Waals surface area contributed by atoms with E-state index in [2.05, 4.69) is 118 Å². The molecule has 0 radical (unpaired) electrons. The van der Waals surface area contributed by atoms with Crippen LogP contribution in [-0.4, -0.2) is 23.9 Å². The molecule has 0 saturated heterocycles. The number of fused-ring (bicyclic) bond motifs is 2. The van der Waals surface area contributed by atoms with Crippen LogP contribution in [0.25, 0.3) is 0 Å². The molecule has 2 heterocycles. The van der Waals surface area contributed by atoms with Crippen LogP contribution in [-0.2, 0) is 10.8 Å². The van der Waals surface area contributed by atoms with E-state index >= 15 is 0 Å². The predicted octanol–water partition coefficient (Wildman–Crippen LogP) is 9.07. The smallest absolute Gasteiger partial charge is 0.209 e. The molecular formula is C34H47N2+. The molecule has 0 fully saturated rings. The first-order valence-corrected chi connectivity index (χ1v) is 14.3. The monoisotopic (exact) mass is 483 g/mol. The molecule has 2 aliphatic rings. The number of anilines is 1. The summed E-state index contributed by atoms with van der Waals surface area (Å²) in [4.78, 5) is 2.60. The highest BCUT2D eigenvalue weighted by atomic mass is 15.2. The van der Waals surface area contributed by atoms with E-state index in [4.69, 9.17) is 0 Å². The molecule has 0 N–H and O–H groups in total. The third-order valence-electron chi connectivity index (χ3n) is 8.48. The molecule has 2 aromatic rings. The zero-order valence-corrected chi connectivity index (χ0v) is 23.6. The van der Waals surface area contributed by atoms with E-state index < -0.39 is 0 Å². The number of allylic oxidation sites excluding steroid dienone is 4. The summed E-state index contributed by atoms with van der Waals surface area (Å²) >= 11 is 0. The summed E-state index contributed by atoms with van der Waals surface area (Å²) in [7, 11) is 2.20. The first kappa shape index (κ1) is 26.5. The minimum absolute atomic E-state index is 0.00528. The standard InChI is InChI=1S/C34H47N2/c1-7-8-9-10-11-12-13-18-26-36-30-23-17-15-21-28(30)34(4,5)32(36)25-19-24-31-33(2,3)27-20-14-16-22-29(27)35(31)6/h14-17,19-25H,7-13,18,26H2,1-6H3/q+1. The molecule has 2 aromatic carbocycles. The fourth-order valence-corrected chi connectivity index (χ4v) is 6.32. The number of hydrogen-bond donors (Lipinski definition) is 0. The number of unbranched alkanes of at least 4 members (excludes halogenated alkanes) is 7. The lowest BCUT2D eigenvalue weighted by Crippen LogP contribution is -2.27. The van der Waals surface area contributed by atoms with Crippen molar-refractivity contribution in [2.45, 2.75) is 96.8 Å². The molecule has 0 bridgehead atoms. The molecule has 36 heavy (non-hydrogen) atoms. The van der Waals surface area contributed by atoms with Crippen LogP contribution >= 0.6 is 0 Å². The first-order chi connectivity index (χ1) is 17.3. The minimum atomic E-state index is 0.00528. The lowest BCUT2D eigenvalue weighted by Gasteiger charge is -2.27. The Morgan fingerprint density at radius 2 is 1.36 bits per heavy atom. The van der Waals surface area contributed by atoms with Crippen LogP contribution in [0.2, 0.25) is 0 Å². The van der Waals surface area contributed by atoms with Gasteiger partial charge in [-0.1, -0.05) is 108 Å². The maximum atomic E-state index is 2.60. The van der Waals surface area contributed by atoms with Crippen LogP contribution in [0.1, 0.15) is 97.1 Å². The predicted molar refractivity (Wildman–Crippen MR) is 157 cm³/mol. The van der Waals surface area contributed by atoms with Crippen LogP contribution in [0.15, 0.2) is 72.5 Å². The van der Waals surface area contributed by atoms with E-state index in [-0.39, 0.29) is 10.8 Å². The summed E-state index contributed by atoms with van der Waals surface area (Å²) < 4.78 is 2.36. The van der Waals surface area contributed by atoms with Crippen molar-refractivity contribution in [3.8, 4) is 0 Å². The molecule has 192 valence electrons. The second-order valence-electron chi connectivity index (χ2n) is 11.8. The topological polar surface area (TPSA) is 6.25 Å². The van der Waals surface area contributed by atoms with Gasteiger partial charge in [0.1, 0.15) is 7.05 Å². The summed E-state index contributed by atoms with van der Waals surface area (Å²) in [6, 6.07) is 17.8. The number of benzene rings is 2. The van der Waals surface area contributed by atoms with Gasteiger partial charge in [-0.15, -0.1) is 0 Å². The molecule has 2 nitrogen and oxygen atoms in total. The van der Waals surface area contributed by atoms with Gasteiger partial charge in [0.05, 0.1) is 5.41 Å². The maximum Gasteiger partial charge on any atom is 0.209 e. The minimum Gasteiger partial charge on any atom is -0.344 e. The van der Waals surface area contributed by atoms with E-state index in [9.17, 15) is 0 Å². The molecule has 0 aliphatic carbocycles. The molecule has 0 unspecified atom stereocenters. The van der Waals surface area contributed by atoms with Gasteiger partial charge in [-0.05, 0) is 38.0 Å². The molecule has 2 heteroatoms. The molecule has 0 aromatic heterocycles. The van der Waals surface area contributed by atoms with Crippen molar-refractivity contribution in [2.75, 3.05) is 18.5 Å². The Bertz CT molecular complexity index is 1150. The third-order valence-corrected chi connectivity index (χ3v) is 8.48. The Hall–Kier alpha value is -2.61. The lowest BCUT2D eigenvalue weighted by molar-refractivity contribution is -0.401. The van der Waals surface area contributed by atoms with Crippen LogP contribution in [0.5, 0.6) is 0 Å². The Labute approximate surface area is 220 Å². The summed E-state index contributed by atoms with van der Waals surface area (Å²) in [6.07, 6.45) is 17.8. The quantitative estimate of drug-likeness (QED) is 0.228. The summed E-state index contributed by atoms with van der Waals surface area (Å²) in [6.45, 7) is 12.8. The van der Waals surface area contributed by atoms with Gasteiger partial charge in [-0.25, -0.2) is 0 Å². The normalized spacial score (nSPS) is 18.9. The molecule has 2 aliphatic heterocycles. The average molecular weight is 484 g/mol. The molecule has 4 rings (SSSR count). The molecular weight excluding hydrogens is 436 g/mol. The van der Waals surface area contributed by atoms with Crippen molar-refractivity contribution in [1.29, 1.82) is 0 Å². The zero-order valence-electron chi connectivity index (χ0n) is 23.6. The van der Waals surface area contributed by atoms with Crippen molar-refractivity contribution in [2.24, 2.45) is 0 Å². The van der Waals surface area contributed by atoms with E-state index in [1.165, 1.54) is 85.3 Å². The molecule has 0 atom stereocenters. The SMILES string of the molecule is CCCCCCCCCCN1/C(=C/C=C/C2=[N+](C)c3ccccc3C2(C)C)C(C)(C)c2ccccc21. The Morgan fingerprint density at radius 1 is 0.750 bits per heavy atom. The van der Waals surface area contributed by atoms with Crippen LogP contribution < -0.4 is 4.90 Å². The number of rotatable bonds is 11. The largest absolute Gasteiger partial charge is 0.344 e. The summed E-state index contributed by atoms with van der Waals surface area (Å²) in [5, 5.41) is 0. The van der Waals surface area contributed by atoms with Crippen molar-refractivity contribution < 1.29 is 4.58 Å². The number of nitrogens with zero attached hydrogens (tertiary/aromatic N) is 2. The third kappa shape index (κ3) is 5.10. The van der Waals surface area contributed by atoms with Gasteiger partial charge < -0.3 is 4.90 Å². The maximum absolute atomic E-state index is 2.60. The number of para-hydroxylation sites is 2. The second kappa shape index (κ2) is 11.2. The summed E-state index contributed by atoms with van der Waals surface area (Å²) in [5.74, 6) is 0. The van der Waals surface area contributed by atoms with Crippen molar-refractivity contribution >= 4 is 17.1 Å². The van der Waals surface area contributed by atoms with Crippen molar-refractivity contribution in [3.05, 3.63) is 83.6 Å². The Kier molecular flexibility index (Phi) is 8.23. The highest BCUT2D eigenvalue weighted by molar-refractivity contribution is 6.03. The lowest BCUT2D eigenvalue weighted by atomic mass is 9.81. The van der Waals surface area contributed by atoms with Gasteiger partial charge in [0.25, 0.3) is 0 Å². The average Bonchev–Trinajstić information content (AvgIpc) is 3.20. The highest BCUT2D eigenvalue weighted by Crippen LogP contribution is 2.47. The molecule has 0 spiro atoms. The summed E-state index contributed by atoms with van der Waals surface area (Å²) in [5.41, 5.74) is 8.34. The van der Waals surface area contributed by atoms with Crippen LogP contribution in [0, 0.1) is 0 Å². The van der Waals surface area contributed by atoms with Gasteiger partial charge >= 0.3 is 0 Å². The van der Waals surface area contributed by atoms with Crippen LogP contribution in [0.3, 0.4) is 0 Å².